The van der Waals surface area contributed by atoms with Crippen molar-refractivity contribution in [3.63, 3.8) is 0 Å². The minimum Gasteiger partial charge on any atom is -0.313 e. The second-order valence-corrected chi connectivity index (χ2v) is 5.46. The zero-order valence-electron chi connectivity index (χ0n) is 8.24. The summed E-state index contributed by atoms with van der Waals surface area (Å²) in [6.07, 6.45) is 0. The molecule has 1 saturated heterocycles. The highest BCUT2D eigenvalue weighted by Gasteiger charge is 2.21. The average molecular weight is 286 g/mol. The summed E-state index contributed by atoms with van der Waals surface area (Å²) < 4.78 is 1.13. The first-order valence-electron chi connectivity index (χ1n) is 4.87. The van der Waals surface area contributed by atoms with Crippen LogP contribution in [-0.4, -0.2) is 30.6 Å². The fraction of sp³-hybridized carbons (Fsp3) is 0.500. The van der Waals surface area contributed by atoms with Crippen molar-refractivity contribution in [3.05, 3.63) is 20.8 Å². The summed E-state index contributed by atoms with van der Waals surface area (Å²) >= 11 is 5.18. The van der Waals surface area contributed by atoms with Crippen LogP contribution in [0, 0.1) is 11.3 Å². The lowest BCUT2D eigenvalue weighted by Gasteiger charge is -2.31. The number of rotatable bonds is 2. The Hall–Kier alpha value is -0.410. The molecule has 1 aromatic heterocycles. The highest BCUT2D eigenvalue weighted by Crippen LogP contribution is 2.22. The van der Waals surface area contributed by atoms with Gasteiger partial charge in [-0.15, -0.1) is 11.3 Å². The van der Waals surface area contributed by atoms with Crippen LogP contribution in [0.15, 0.2) is 15.9 Å². The topological polar surface area (TPSA) is 39.1 Å². The van der Waals surface area contributed by atoms with E-state index in [4.69, 9.17) is 5.26 Å². The van der Waals surface area contributed by atoms with Crippen molar-refractivity contribution in [2.45, 2.75) is 12.6 Å². The van der Waals surface area contributed by atoms with Crippen LogP contribution in [0.25, 0.3) is 0 Å². The van der Waals surface area contributed by atoms with Crippen molar-refractivity contribution in [1.82, 2.24) is 10.2 Å². The molecule has 1 atom stereocenters. The Kier molecular flexibility index (Phi) is 3.76. The molecule has 1 aliphatic heterocycles. The van der Waals surface area contributed by atoms with Gasteiger partial charge in [-0.25, -0.2) is 0 Å². The molecule has 15 heavy (non-hydrogen) atoms. The Bertz CT molecular complexity index is 371. The molecule has 2 rings (SSSR count). The summed E-state index contributed by atoms with van der Waals surface area (Å²) in [4.78, 5) is 3.54. The molecule has 1 unspecified atom stereocenters. The van der Waals surface area contributed by atoms with Crippen LogP contribution in [0.1, 0.15) is 4.88 Å². The Labute approximate surface area is 102 Å². The predicted molar refractivity (Wildman–Crippen MR) is 64.7 cm³/mol. The van der Waals surface area contributed by atoms with Crippen LogP contribution in [0.4, 0.5) is 0 Å². The molecule has 1 aromatic rings. The zero-order valence-corrected chi connectivity index (χ0v) is 10.6. The van der Waals surface area contributed by atoms with Crippen LogP contribution in [0.2, 0.25) is 0 Å². The van der Waals surface area contributed by atoms with E-state index in [0.717, 1.165) is 30.7 Å². The van der Waals surface area contributed by atoms with E-state index in [9.17, 15) is 0 Å². The number of nitrogens with zero attached hydrogens (tertiary/aromatic N) is 2. The number of piperazine rings is 1. The van der Waals surface area contributed by atoms with Crippen molar-refractivity contribution in [1.29, 1.82) is 5.26 Å². The minimum atomic E-state index is 0.0135. The zero-order chi connectivity index (χ0) is 10.7. The molecular formula is C10H12BrN3S. The van der Waals surface area contributed by atoms with Gasteiger partial charge in [0.15, 0.2) is 0 Å². The van der Waals surface area contributed by atoms with Crippen molar-refractivity contribution < 1.29 is 0 Å². The van der Waals surface area contributed by atoms with Crippen LogP contribution in [-0.2, 0) is 6.54 Å². The third-order valence-electron chi connectivity index (χ3n) is 2.48. The van der Waals surface area contributed by atoms with Crippen LogP contribution < -0.4 is 5.32 Å². The third-order valence-corrected chi connectivity index (χ3v) is 4.17. The van der Waals surface area contributed by atoms with Gasteiger partial charge in [0.2, 0.25) is 0 Å². The van der Waals surface area contributed by atoms with Gasteiger partial charge < -0.3 is 5.32 Å². The van der Waals surface area contributed by atoms with Crippen molar-refractivity contribution >= 4 is 27.3 Å². The lowest BCUT2D eigenvalue weighted by Crippen LogP contribution is -2.49. The Morgan fingerprint density at radius 3 is 3.27 bits per heavy atom. The summed E-state index contributed by atoms with van der Waals surface area (Å²) in [6.45, 7) is 3.59. The van der Waals surface area contributed by atoms with Gasteiger partial charge in [0, 0.05) is 40.9 Å². The molecular weight excluding hydrogens is 274 g/mol. The summed E-state index contributed by atoms with van der Waals surface area (Å²) in [5, 5.41) is 14.3. The molecule has 5 heteroatoms. The average Bonchev–Trinajstić information content (AvgIpc) is 2.65. The molecule has 3 nitrogen and oxygen atoms in total. The molecule has 2 heterocycles. The van der Waals surface area contributed by atoms with E-state index < -0.39 is 0 Å². The summed E-state index contributed by atoms with van der Waals surface area (Å²) in [7, 11) is 0. The molecule has 0 amide bonds. The van der Waals surface area contributed by atoms with Crippen molar-refractivity contribution in [2.75, 3.05) is 19.6 Å². The first-order valence-corrected chi connectivity index (χ1v) is 6.54. The molecule has 0 saturated carbocycles. The summed E-state index contributed by atoms with van der Waals surface area (Å²) in [6, 6.07) is 4.48. The molecule has 80 valence electrons. The van der Waals surface area contributed by atoms with E-state index in [1.54, 1.807) is 11.3 Å². The maximum Gasteiger partial charge on any atom is 0.111 e. The van der Waals surface area contributed by atoms with E-state index in [0.29, 0.717) is 0 Å². The molecule has 0 spiro atoms. The van der Waals surface area contributed by atoms with Crippen LogP contribution in [0.5, 0.6) is 0 Å². The van der Waals surface area contributed by atoms with E-state index in [1.165, 1.54) is 4.88 Å². The van der Waals surface area contributed by atoms with Gasteiger partial charge in [-0.05, 0) is 22.0 Å². The van der Waals surface area contributed by atoms with Crippen LogP contribution >= 0.6 is 27.3 Å². The third kappa shape index (κ3) is 2.79. The molecule has 0 aromatic carbocycles. The van der Waals surface area contributed by atoms with E-state index >= 15 is 0 Å². The number of thiophene rings is 1. The molecule has 0 radical (unpaired) electrons. The Morgan fingerprint density at radius 1 is 1.73 bits per heavy atom. The van der Waals surface area contributed by atoms with Crippen LogP contribution in [0.3, 0.4) is 0 Å². The van der Waals surface area contributed by atoms with E-state index in [1.807, 2.05) is 0 Å². The number of nitriles is 1. The maximum absolute atomic E-state index is 9.01. The van der Waals surface area contributed by atoms with Crippen molar-refractivity contribution in [3.8, 4) is 6.07 Å². The van der Waals surface area contributed by atoms with Gasteiger partial charge in [-0.1, -0.05) is 0 Å². The Morgan fingerprint density at radius 2 is 2.60 bits per heavy atom. The van der Waals surface area contributed by atoms with Gasteiger partial charge in [-0.3, -0.25) is 4.90 Å². The van der Waals surface area contributed by atoms with Gasteiger partial charge >= 0.3 is 0 Å². The Balaban J connectivity index is 2.01. The second kappa shape index (κ2) is 5.08. The first-order chi connectivity index (χ1) is 7.29. The maximum atomic E-state index is 9.01. The monoisotopic (exact) mass is 285 g/mol. The number of halogens is 1. The highest BCUT2D eigenvalue weighted by atomic mass is 79.9. The molecule has 1 aliphatic rings. The van der Waals surface area contributed by atoms with E-state index in [-0.39, 0.29) is 6.04 Å². The molecule has 0 aliphatic carbocycles. The summed E-state index contributed by atoms with van der Waals surface area (Å²) in [5.41, 5.74) is 0. The smallest absolute Gasteiger partial charge is 0.111 e. The van der Waals surface area contributed by atoms with Gasteiger partial charge in [0.05, 0.1) is 6.07 Å². The minimum absolute atomic E-state index is 0.0135. The highest BCUT2D eigenvalue weighted by molar-refractivity contribution is 9.10. The van der Waals surface area contributed by atoms with Gasteiger partial charge in [0.1, 0.15) is 6.04 Å². The predicted octanol–water partition coefficient (Wildman–Crippen LogP) is 1.81. The lowest BCUT2D eigenvalue weighted by atomic mass is 10.2. The molecule has 0 bridgehead atoms. The fourth-order valence-corrected chi connectivity index (χ4v) is 3.18. The second-order valence-electron chi connectivity index (χ2n) is 3.55. The number of hydrogen-bond acceptors (Lipinski definition) is 4. The number of nitrogens with one attached hydrogen (secondary N) is 1. The molecule has 1 fully saturated rings. The normalized spacial score (nSPS) is 22.5. The fourth-order valence-electron chi connectivity index (χ4n) is 1.70. The summed E-state index contributed by atoms with van der Waals surface area (Å²) in [5.74, 6) is 0. The largest absolute Gasteiger partial charge is 0.313 e. The lowest BCUT2D eigenvalue weighted by molar-refractivity contribution is 0.191. The quantitative estimate of drug-likeness (QED) is 0.901. The number of hydrogen-bond donors (Lipinski definition) is 1. The molecule has 1 N–H and O–H groups in total. The van der Waals surface area contributed by atoms with Gasteiger partial charge in [-0.2, -0.15) is 5.26 Å². The van der Waals surface area contributed by atoms with Crippen molar-refractivity contribution in [2.24, 2.45) is 0 Å². The first kappa shape index (κ1) is 11.1. The van der Waals surface area contributed by atoms with E-state index in [2.05, 4.69) is 43.7 Å². The SMILES string of the molecule is N#CC1CNCCN1Cc1cc(Br)cs1. The van der Waals surface area contributed by atoms with Gasteiger partial charge in [0.25, 0.3) is 0 Å². The standard InChI is InChI=1S/C10H12BrN3S/c11-8-3-10(15-7-8)6-14-2-1-13-5-9(14)4-12/h3,7,9,13H,1-2,5-6H2.